The van der Waals surface area contributed by atoms with E-state index >= 15 is 0 Å². The van der Waals surface area contributed by atoms with Crippen LogP contribution in [-0.2, 0) is 9.47 Å². The van der Waals surface area contributed by atoms with E-state index in [0.29, 0.717) is 19.8 Å². The molecular weight excluding hydrogens is 263 g/mol. The summed E-state index contributed by atoms with van der Waals surface area (Å²) in [4.78, 5) is 11.8. The number of Topliss-reactive ketones (excluding diaryl/α,β-unsaturated/α-hetero) is 1. The lowest BCUT2D eigenvalue weighted by Crippen LogP contribution is -2.13. The Balaban J connectivity index is 2.27. The van der Waals surface area contributed by atoms with Gasteiger partial charge in [-0.25, -0.2) is 4.39 Å². The number of ether oxygens (including phenoxy) is 3. The first-order valence-corrected chi connectivity index (χ1v) is 6.71. The Bertz CT molecular complexity index is 420. The molecule has 0 aliphatic carbocycles. The summed E-state index contributed by atoms with van der Waals surface area (Å²) in [5.74, 6) is -0.701. The van der Waals surface area contributed by atoms with E-state index in [1.54, 1.807) is 0 Å². The van der Waals surface area contributed by atoms with E-state index < -0.39 is 5.82 Å². The van der Waals surface area contributed by atoms with Crippen LogP contribution in [0.2, 0.25) is 0 Å². The molecule has 0 fully saturated rings. The maximum Gasteiger partial charge on any atom is 0.188 e. The van der Waals surface area contributed by atoms with Crippen molar-refractivity contribution in [1.82, 2.24) is 0 Å². The van der Waals surface area contributed by atoms with Crippen molar-refractivity contribution in [3.05, 3.63) is 29.6 Å². The fourth-order valence-electron chi connectivity index (χ4n) is 1.55. The SMILES string of the molecule is CCCCOCCOCC(=O)c1ccc(OC)c(F)c1. The second kappa shape index (κ2) is 9.44. The predicted octanol–water partition coefficient (Wildman–Crippen LogP) is 2.85. The van der Waals surface area contributed by atoms with Gasteiger partial charge in [0.25, 0.3) is 0 Å². The predicted molar refractivity (Wildman–Crippen MR) is 73.8 cm³/mol. The van der Waals surface area contributed by atoms with Crippen molar-refractivity contribution < 1.29 is 23.4 Å². The zero-order valence-electron chi connectivity index (χ0n) is 12.0. The van der Waals surface area contributed by atoms with Crippen molar-refractivity contribution >= 4 is 5.78 Å². The summed E-state index contributed by atoms with van der Waals surface area (Å²) in [6, 6.07) is 4.10. The minimum absolute atomic E-state index is 0.0804. The molecule has 0 aliphatic heterocycles. The molecular formula is C15H21FO4. The molecule has 0 amide bonds. The first-order chi connectivity index (χ1) is 9.69. The molecule has 1 aromatic carbocycles. The van der Waals surface area contributed by atoms with E-state index in [1.165, 1.54) is 19.2 Å². The van der Waals surface area contributed by atoms with Gasteiger partial charge in [-0.2, -0.15) is 0 Å². The number of unbranched alkanes of at least 4 members (excludes halogenated alkanes) is 1. The van der Waals surface area contributed by atoms with Gasteiger partial charge in [-0.05, 0) is 24.6 Å². The average molecular weight is 284 g/mol. The number of hydrogen-bond acceptors (Lipinski definition) is 4. The molecule has 1 aromatic rings. The molecule has 0 N–H and O–H groups in total. The molecule has 20 heavy (non-hydrogen) atoms. The average Bonchev–Trinajstić information content (AvgIpc) is 2.46. The number of rotatable bonds is 10. The zero-order chi connectivity index (χ0) is 14.8. The Hall–Kier alpha value is -1.46. The Kier molecular flexibility index (Phi) is 7.84. The minimum Gasteiger partial charge on any atom is -0.494 e. The van der Waals surface area contributed by atoms with Gasteiger partial charge < -0.3 is 14.2 Å². The summed E-state index contributed by atoms with van der Waals surface area (Å²) >= 11 is 0. The molecule has 0 saturated heterocycles. The summed E-state index contributed by atoms with van der Waals surface area (Å²) in [7, 11) is 1.38. The topological polar surface area (TPSA) is 44.8 Å². The van der Waals surface area contributed by atoms with E-state index in [9.17, 15) is 9.18 Å². The van der Waals surface area contributed by atoms with Crippen molar-refractivity contribution in [3.8, 4) is 5.75 Å². The highest BCUT2D eigenvalue weighted by Crippen LogP contribution is 2.17. The molecule has 112 valence electrons. The van der Waals surface area contributed by atoms with Crippen LogP contribution in [0.4, 0.5) is 4.39 Å². The van der Waals surface area contributed by atoms with Crippen LogP contribution < -0.4 is 4.74 Å². The molecule has 5 heteroatoms. The van der Waals surface area contributed by atoms with E-state index in [0.717, 1.165) is 18.9 Å². The van der Waals surface area contributed by atoms with Crippen molar-refractivity contribution in [2.24, 2.45) is 0 Å². The first kappa shape index (κ1) is 16.6. The lowest BCUT2D eigenvalue weighted by molar-refractivity contribution is 0.0432. The van der Waals surface area contributed by atoms with Crippen molar-refractivity contribution in [2.75, 3.05) is 33.5 Å². The highest BCUT2D eigenvalue weighted by Gasteiger charge is 2.10. The fourth-order valence-corrected chi connectivity index (χ4v) is 1.55. The number of carbonyl (C=O) groups is 1. The Labute approximate surface area is 118 Å². The molecule has 0 heterocycles. The molecule has 0 aliphatic rings. The zero-order valence-corrected chi connectivity index (χ0v) is 12.0. The highest BCUT2D eigenvalue weighted by atomic mass is 19.1. The normalized spacial score (nSPS) is 10.6. The van der Waals surface area contributed by atoms with Crippen molar-refractivity contribution in [2.45, 2.75) is 19.8 Å². The van der Waals surface area contributed by atoms with Crippen molar-refractivity contribution in [3.63, 3.8) is 0 Å². The number of methoxy groups -OCH3 is 1. The van der Waals surface area contributed by atoms with Gasteiger partial charge in [-0.3, -0.25) is 4.79 Å². The maximum atomic E-state index is 13.4. The van der Waals surface area contributed by atoms with E-state index in [1.807, 2.05) is 0 Å². The number of halogens is 1. The van der Waals surface area contributed by atoms with Crippen LogP contribution in [0.25, 0.3) is 0 Å². The number of carbonyl (C=O) groups excluding carboxylic acids is 1. The van der Waals surface area contributed by atoms with Gasteiger partial charge in [0.05, 0.1) is 20.3 Å². The van der Waals surface area contributed by atoms with Gasteiger partial charge in [0.15, 0.2) is 17.3 Å². The largest absolute Gasteiger partial charge is 0.494 e. The molecule has 1 rings (SSSR count). The van der Waals surface area contributed by atoms with Crippen LogP contribution in [0.5, 0.6) is 5.75 Å². The van der Waals surface area contributed by atoms with Crippen LogP contribution in [-0.4, -0.2) is 39.3 Å². The second-order valence-electron chi connectivity index (χ2n) is 4.29. The Morgan fingerprint density at radius 1 is 1.20 bits per heavy atom. The van der Waals surface area contributed by atoms with E-state index in [4.69, 9.17) is 14.2 Å². The fraction of sp³-hybridized carbons (Fsp3) is 0.533. The first-order valence-electron chi connectivity index (χ1n) is 6.71. The van der Waals surface area contributed by atoms with Gasteiger partial charge in [0.1, 0.15) is 6.61 Å². The summed E-state index contributed by atoms with van der Waals surface area (Å²) in [6.07, 6.45) is 2.10. The lowest BCUT2D eigenvalue weighted by Gasteiger charge is -2.06. The van der Waals surface area contributed by atoms with Gasteiger partial charge in [-0.15, -0.1) is 0 Å². The van der Waals surface area contributed by atoms with Crippen LogP contribution in [0.15, 0.2) is 18.2 Å². The summed E-state index contributed by atoms with van der Waals surface area (Å²) in [6.45, 7) is 3.53. The minimum atomic E-state index is -0.554. The second-order valence-corrected chi connectivity index (χ2v) is 4.29. The lowest BCUT2D eigenvalue weighted by atomic mass is 10.1. The molecule has 0 radical (unpaired) electrons. The monoisotopic (exact) mass is 284 g/mol. The molecule has 0 atom stereocenters. The Morgan fingerprint density at radius 2 is 1.95 bits per heavy atom. The molecule has 0 unspecified atom stereocenters. The van der Waals surface area contributed by atoms with Gasteiger partial charge >= 0.3 is 0 Å². The smallest absolute Gasteiger partial charge is 0.188 e. The molecule has 0 aromatic heterocycles. The maximum absolute atomic E-state index is 13.4. The van der Waals surface area contributed by atoms with Gasteiger partial charge in [0, 0.05) is 12.2 Å². The quantitative estimate of drug-likeness (QED) is 0.489. The number of hydrogen-bond donors (Lipinski definition) is 0. The van der Waals surface area contributed by atoms with Crippen molar-refractivity contribution in [1.29, 1.82) is 0 Å². The van der Waals surface area contributed by atoms with Gasteiger partial charge in [0.2, 0.25) is 0 Å². The summed E-state index contributed by atoms with van der Waals surface area (Å²) in [5, 5.41) is 0. The highest BCUT2D eigenvalue weighted by molar-refractivity contribution is 5.97. The molecule has 0 bridgehead atoms. The molecule has 4 nitrogen and oxygen atoms in total. The summed E-state index contributed by atoms with van der Waals surface area (Å²) < 4.78 is 28.7. The number of benzene rings is 1. The van der Waals surface area contributed by atoms with E-state index in [-0.39, 0.29) is 23.7 Å². The molecule has 0 saturated carbocycles. The van der Waals surface area contributed by atoms with Crippen LogP contribution >= 0.6 is 0 Å². The number of ketones is 1. The third kappa shape index (κ3) is 5.67. The third-order valence-corrected chi connectivity index (χ3v) is 2.72. The van der Waals surface area contributed by atoms with E-state index in [2.05, 4.69) is 6.92 Å². The standard InChI is InChI=1S/C15H21FO4/c1-3-4-7-19-8-9-20-11-14(17)12-5-6-15(18-2)13(16)10-12/h5-6,10H,3-4,7-9,11H2,1-2H3. The van der Waals surface area contributed by atoms with Crippen LogP contribution in [0.1, 0.15) is 30.1 Å². The molecule has 0 spiro atoms. The third-order valence-electron chi connectivity index (χ3n) is 2.72. The van der Waals surface area contributed by atoms with Crippen LogP contribution in [0.3, 0.4) is 0 Å². The Morgan fingerprint density at radius 3 is 2.60 bits per heavy atom. The van der Waals surface area contributed by atoms with Crippen LogP contribution in [0, 0.1) is 5.82 Å². The summed E-state index contributed by atoms with van der Waals surface area (Å²) in [5.41, 5.74) is 0.273. The van der Waals surface area contributed by atoms with Gasteiger partial charge in [-0.1, -0.05) is 13.3 Å².